The van der Waals surface area contributed by atoms with Gasteiger partial charge in [0.05, 0.1) is 21.1 Å². The van der Waals surface area contributed by atoms with E-state index in [1.165, 1.54) is 0 Å². The molecule has 0 saturated heterocycles. The van der Waals surface area contributed by atoms with Crippen LogP contribution in [0.4, 0.5) is 0 Å². The number of ether oxygens (including phenoxy) is 1. The molecule has 0 saturated carbocycles. The first-order chi connectivity index (χ1) is 5.33. The highest BCUT2D eigenvalue weighted by Crippen LogP contribution is 1.94. The van der Waals surface area contributed by atoms with E-state index in [9.17, 15) is 4.79 Å². The molecule has 0 aromatic rings. The van der Waals surface area contributed by atoms with E-state index in [1.54, 1.807) is 6.92 Å². The number of carbonyl (C=O) groups excluding carboxylic acids is 1. The molecule has 0 aliphatic heterocycles. The maximum Gasteiger partial charge on any atom is 0.333 e. The Labute approximate surface area is 86.4 Å². The van der Waals surface area contributed by atoms with Gasteiger partial charge in [-0.05, 0) is 6.92 Å². The Bertz CT molecular complexity index is 185. The van der Waals surface area contributed by atoms with Crippen LogP contribution in [0.1, 0.15) is 6.92 Å². The maximum absolute atomic E-state index is 10.9. The van der Waals surface area contributed by atoms with Gasteiger partial charge in [-0.1, -0.05) is 6.58 Å². The number of hydrogen-bond donors (Lipinski definition) is 0. The standard InChI is InChI=1S/C9H18NO2.ClH/c1-8(2)9(11)12-7-6-10(3,4)5;/h1,6-7H2,2-5H3;1H/q+1;. The smallest absolute Gasteiger partial charge is 0.333 e. The predicted molar refractivity (Wildman–Crippen MR) is 55.9 cm³/mol. The quantitative estimate of drug-likeness (QED) is 0.395. The van der Waals surface area contributed by atoms with Crippen LogP contribution < -0.4 is 0 Å². The van der Waals surface area contributed by atoms with Gasteiger partial charge in [-0.15, -0.1) is 12.4 Å². The van der Waals surface area contributed by atoms with E-state index < -0.39 is 0 Å². The van der Waals surface area contributed by atoms with Crippen LogP contribution in [0.5, 0.6) is 0 Å². The minimum absolute atomic E-state index is 0. The third-order valence-electron chi connectivity index (χ3n) is 1.34. The van der Waals surface area contributed by atoms with Crippen molar-refractivity contribution in [1.29, 1.82) is 0 Å². The van der Waals surface area contributed by atoms with E-state index in [4.69, 9.17) is 4.74 Å². The molecule has 0 amide bonds. The summed E-state index contributed by atoms with van der Waals surface area (Å²) in [6, 6.07) is 0. The SMILES string of the molecule is C=C(C)C(=O)OCC[N+](C)(C)C.Cl. The van der Waals surface area contributed by atoms with Crippen molar-refractivity contribution >= 4 is 18.4 Å². The lowest BCUT2D eigenvalue weighted by Gasteiger charge is -2.23. The molecule has 3 nitrogen and oxygen atoms in total. The number of nitrogens with zero attached hydrogens (tertiary/aromatic N) is 1. The van der Waals surface area contributed by atoms with Gasteiger partial charge < -0.3 is 9.22 Å². The molecule has 0 rings (SSSR count). The lowest BCUT2D eigenvalue weighted by molar-refractivity contribution is -0.870. The van der Waals surface area contributed by atoms with E-state index in [0.717, 1.165) is 11.0 Å². The average Bonchev–Trinajstić information content (AvgIpc) is 1.84. The highest BCUT2D eigenvalue weighted by molar-refractivity contribution is 5.86. The summed E-state index contributed by atoms with van der Waals surface area (Å²) < 4.78 is 5.72. The molecule has 0 N–H and O–H groups in total. The zero-order valence-corrected chi connectivity index (χ0v) is 9.61. The maximum atomic E-state index is 10.9. The normalized spacial score (nSPS) is 10.2. The Morgan fingerprint density at radius 2 is 1.85 bits per heavy atom. The van der Waals surface area contributed by atoms with Crippen LogP contribution in [-0.4, -0.2) is 44.7 Å². The van der Waals surface area contributed by atoms with Gasteiger partial charge in [0.15, 0.2) is 0 Å². The van der Waals surface area contributed by atoms with Gasteiger partial charge >= 0.3 is 5.97 Å². The lowest BCUT2D eigenvalue weighted by atomic mass is 10.4. The van der Waals surface area contributed by atoms with Crippen molar-refractivity contribution in [2.45, 2.75) is 6.92 Å². The van der Waals surface area contributed by atoms with Crippen LogP contribution >= 0.6 is 12.4 Å². The van der Waals surface area contributed by atoms with Crippen LogP contribution in [0.3, 0.4) is 0 Å². The molecule has 0 unspecified atom stereocenters. The molecule has 0 aromatic heterocycles. The molecule has 0 aliphatic carbocycles. The Balaban J connectivity index is 0. The molecule has 0 bridgehead atoms. The largest absolute Gasteiger partial charge is 0.456 e. The van der Waals surface area contributed by atoms with Gasteiger partial charge in [-0.3, -0.25) is 0 Å². The molecule has 78 valence electrons. The minimum atomic E-state index is -0.302. The zero-order chi connectivity index (χ0) is 9.78. The summed E-state index contributed by atoms with van der Waals surface area (Å²) in [6.45, 7) is 6.41. The monoisotopic (exact) mass is 208 g/mol. The highest BCUT2D eigenvalue weighted by atomic mass is 35.5. The molecule has 4 heteroatoms. The summed E-state index contributed by atoms with van der Waals surface area (Å²) in [5, 5.41) is 0. The Morgan fingerprint density at radius 3 is 2.15 bits per heavy atom. The van der Waals surface area contributed by atoms with E-state index in [1.807, 2.05) is 0 Å². The summed E-state index contributed by atoms with van der Waals surface area (Å²) in [5.74, 6) is -0.302. The summed E-state index contributed by atoms with van der Waals surface area (Å²) in [5.41, 5.74) is 0.455. The second-order valence-corrected chi connectivity index (χ2v) is 3.93. The van der Waals surface area contributed by atoms with Gasteiger partial charge in [-0.25, -0.2) is 4.79 Å². The van der Waals surface area contributed by atoms with Gasteiger partial charge in [0.2, 0.25) is 0 Å². The molecule has 0 aromatic carbocycles. The fourth-order valence-corrected chi connectivity index (χ4v) is 0.535. The molecule has 0 atom stereocenters. The highest BCUT2D eigenvalue weighted by Gasteiger charge is 2.09. The Hall–Kier alpha value is -0.540. The third kappa shape index (κ3) is 9.37. The first-order valence-electron chi connectivity index (χ1n) is 3.96. The Morgan fingerprint density at radius 1 is 1.38 bits per heavy atom. The molecule has 13 heavy (non-hydrogen) atoms. The fourth-order valence-electron chi connectivity index (χ4n) is 0.535. The first kappa shape index (κ1) is 15.0. The van der Waals surface area contributed by atoms with Crippen molar-refractivity contribution in [3.05, 3.63) is 12.2 Å². The topological polar surface area (TPSA) is 26.3 Å². The third-order valence-corrected chi connectivity index (χ3v) is 1.34. The number of hydrogen-bond acceptors (Lipinski definition) is 2. The van der Waals surface area contributed by atoms with E-state index >= 15 is 0 Å². The van der Waals surface area contributed by atoms with Gasteiger partial charge in [-0.2, -0.15) is 0 Å². The number of carbonyl (C=O) groups is 1. The number of rotatable bonds is 4. The Kier molecular flexibility index (Phi) is 6.90. The molecule has 0 spiro atoms. The summed E-state index contributed by atoms with van der Waals surface area (Å²) >= 11 is 0. The minimum Gasteiger partial charge on any atom is -0.456 e. The number of quaternary nitrogens is 1. The van der Waals surface area contributed by atoms with Crippen molar-refractivity contribution in [2.75, 3.05) is 34.3 Å². The molecule has 0 aliphatic rings. The molecule has 0 fully saturated rings. The van der Waals surface area contributed by atoms with Crippen LogP contribution in [0.25, 0.3) is 0 Å². The predicted octanol–water partition coefficient (Wildman–Crippen LogP) is 1.23. The fraction of sp³-hybridized carbons (Fsp3) is 0.667. The summed E-state index contributed by atoms with van der Waals surface area (Å²) in [4.78, 5) is 10.9. The van der Waals surface area contributed by atoms with Gasteiger partial charge in [0.25, 0.3) is 0 Å². The van der Waals surface area contributed by atoms with E-state index in [0.29, 0.717) is 12.2 Å². The van der Waals surface area contributed by atoms with Crippen molar-refractivity contribution < 1.29 is 14.0 Å². The van der Waals surface area contributed by atoms with Crippen molar-refractivity contribution in [3.8, 4) is 0 Å². The lowest BCUT2D eigenvalue weighted by Crippen LogP contribution is -2.38. The molecular formula is C9H19ClNO2+. The first-order valence-corrected chi connectivity index (χ1v) is 3.96. The summed E-state index contributed by atoms with van der Waals surface area (Å²) in [7, 11) is 6.15. The molecular weight excluding hydrogens is 190 g/mol. The van der Waals surface area contributed by atoms with E-state index in [2.05, 4.69) is 27.7 Å². The van der Waals surface area contributed by atoms with Crippen molar-refractivity contribution in [1.82, 2.24) is 0 Å². The average molecular weight is 209 g/mol. The number of halogens is 1. The second kappa shape index (κ2) is 6.00. The number of likely N-dealkylation sites (N-methyl/N-ethyl adjacent to an activating group) is 1. The number of esters is 1. The molecule has 0 heterocycles. The summed E-state index contributed by atoms with van der Waals surface area (Å²) in [6.07, 6.45) is 0. The van der Waals surface area contributed by atoms with Crippen molar-refractivity contribution in [2.24, 2.45) is 0 Å². The van der Waals surface area contributed by atoms with Gasteiger partial charge in [0.1, 0.15) is 13.2 Å². The van der Waals surface area contributed by atoms with Crippen LogP contribution in [-0.2, 0) is 9.53 Å². The molecule has 0 radical (unpaired) electrons. The van der Waals surface area contributed by atoms with Crippen LogP contribution in [0.2, 0.25) is 0 Å². The van der Waals surface area contributed by atoms with Gasteiger partial charge in [0, 0.05) is 5.57 Å². The van der Waals surface area contributed by atoms with E-state index in [-0.39, 0.29) is 18.4 Å². The second-order valence-electron chi connectivity index (χ2n) is 3.93. The van der Waals surface area contributed by atoms with Crippen LogP contribution in [0, 0.1) is 0 Å². The zero-order valence-electron chi connectivity index (χ0n) is 8.79. The van der Waals surface area contributed by atoms with Crippen LogP contribution in [0.15, 0.2) is 12.2 Å². The van der Waals surface area contributed by atoms with Crippen molar-refractivity contribution in [3.63, 3.8) is 0 Å².